The maximum absolute atomic E-state index is 11.1. The topological polar surface area (TPSA) is 46.5 Å². The fourth-order valence-electron chi connectivity index (χ4n) is 4.10. The van der Waals surface area contributed by atoms with Gasteiger partial charge in [-0.1, -0.05) is 46.4 Å². The van der Waals surface area contributed by atoms with Gasteiger partial charge in [-0.15, -0.1) is 0 Å². The highest BCUT2D eigenvalue weighted by Gasteiger charge is 2.37. The maximum atomic E-state index is 11.1. The Labute approximate surface area is 187 Å². The normalized spacial score (nSPS) is 16.8. The standard InChI is InChI=1S/C25H29IO3/c1-15-11-19-20(25(5,6)10-9-24(19,3)4)13-18(15)16(2)14-29-22-8-7-17(23(27)28)12-21(22)26/h7-8,11-13H,2,9-10,14H2,1,3-6H3,(H,27,28). The molecule has 0 spiro atoms. The Morgan fingerprint density at radius 2 is 1.69 bits per heavy atom. The summed E-state index contributed by atoms with van der Waals surface area (Å²) in [4.78, 5) is 11.1. The molecule has 0 amide bonds. The number of hydrogen-bond donors (Lipinski definition) is 1. The van der Waals surface area contributed by atoms with Crippen molar-refractivity contribution in [3.05, 3.63) is 68.3 Å². The molecule has 3 rings (SSSR count). The Balaban J connectivity index is 1.86. The van der Waals surface area contributed by atoms with Crippen molar-refractivity contribution in [1.82, 2.24) is 0 Å². The van der Waals surface area contributed by atoms with E-state index in [-0.39, 0.29) is 16.4 Å². The molecule has 154 valence electrons. The van der Waals surface area contributed by atoms with Crippen molar-refractivity contribution in [3.8, 4) is 5.75 Å². The lowest BCUT2D eigenvalue weighted by molar-refractivity contribution is 0.0696. The van der Waals surface area contributed by atoms with Gasteiger partial charge in [0.2, 0.25) is 0 Å². The molecule has 0 radical (unpaired) electrons. The van der Waals surface area contributed by atoms with Gasteiger partial charge in [0.1, 0.15) is 12.4 Å². The first-order valence-corrected chi connectivity index (χ1v) is 11.0. The first-order valence-electron chi connectivity index (χ1n) is 9.92. The summed E-state index contributed by atoms with van der Waals surface area (Å²) >= 11 is 2.11. The molecule has 1 aliphatic rings. The molecule has 0 unspecified atom stereocenters. The van der Waals surface area contributed by atoms with Crippen LogP contribution in [0.1, 0.15) is 73.1 Å². The smallest absolute Gasteiger partial charge is 0.335 e. The van der Waals surface area contributed by atoms with Gasteiger partial charge in [-0.25, -0.2) is 4.79 Å². The number of hydrogen-bond acceptors (Lipinski definition) is 2. The summed E-state index contributed by atoms with van der Waals surface area (Å²) in [6.07, 6.45) is 2.37. The van der Waals surface area contributed by atoms with E-state index in [1.165, 1.54) is 29.5 Å². The van der Waals surface area contributed by atoms with Crippen LogP contribution in [0.5, 0.6) is 5.75 Å². The number of fused-ring (bicyclic) bond motifs is 1. The van der Waals surface area contributed by atoms with Crippen molar-refractivity contribution in [2.45, 2.75) is 58.3 Å². The molecular formula is C25H29IO3. The molecule has 2 aromatic rings. The van der Waals surface area contributed by atoms with Gasteiger partial charge in [-0.3, -0.25) is 0 Å². The van der Waals surface area contributed by atoms with Crippen molar-refractivity contribution in [2.24, 2.45) is 0 Å². The van der Waals surface area contributed by atoms with Gasteiger partial charge in [0.15, 0.2) is 0 Å². The summed E-state index contributed by atoms with van der Waals surface area (Å²) in [5.74, 6) is -0.261. The van der Waals surface area contributed by atoms with Gasteiger partial charge < -0.3 is 9.84 Å². The number of ether oxygens (including phenoxy) is 1. The fraction of sp³-hybridized carbons (Fsp3) is 0.400. The zero-order chi connectivity index (χ0) is 21.6. The zero-order valence-corrected chi connectivity index (χ0v) is 20.0. The minimum Gasteiger partial charge on any atom is -0.488 e. The number of halogens is 1. The highest BCUT2D eigenvalue weighted by atomic mass is 127. The molecule has 0 aliphatic heterocycles. The van der Waals surface area contributed by atoms with Crippen LogP contribution >= 0.6 is 22.6 Å². The largest absolute Gasteiger partial charge is 0.488 e. The second kappa shape index (κ2) is 7.78. The van der Waals surface area contributed by atoms with Gasteiger partial charge in [0, 0.05) is 0 Å². The molecule has 0 heterocycles. The molecule has 0 atom stereocenters. The maximum Gasteiger partial charge on any atom is 0.335 e. The van der Waals surface area contributed by atoms with Crippen molar-refractivity contribution >= 4 is 34.1 Å². The van der Waals surface area contributed by atoms with Gasteiger partial charge in [-0.2, -0.15) is 0 Å². The van der Waals surface area contributed by atoms with Crippen molar-refractivity contribution in [3.63, 3.8) is 0 Å². The van der Waals surface area contributed by atoms with Crippen LogP contribution < -0.4 is 4.74 Å². The van der Waals surface area contributed by atoms with Crippen LogP contribution in [-0.2, 0) is 10.8 Å². The van der Waals surface area contributed by atoms with Crippen molar-refractivity contribution in [1.29, 1.82) is 0 Å². The van der Waals surface area contributed by atoms with E-state index in [4.69, 9.17) is 9.84 Å². The van der Waals surface area contributed by atoms with Gasteiger partial charge in [0.05, 0.1) is 9.13 Å². The lowest BCUT2D eigenvalue weighted by atomic mass is 9.62. The number of aromatic carboxylic acids is 1. The summed E-state index contributed by atoms with van der Waals surface area (Å²) in [6, 6.07) is 9.55. The van der Waals surface area contributed by atoms with E-state index < -0.39 is 5.97 Å². The third-order valence-corrected chi connectivity index (χ3v) is 7.00. The average molecular weight is 504 g/mol. The van der Waals surface area contributed by atoms with Crippen LogP contribution in [0.2, 0.25) is 0 Å². The Morgan fingerprint density at radius 1 is 1.10 bits per heavy atom. The predicted molar refractivity (Wildman–Crippen MR) is 127 cm³/mol. The van der Waals surface area contributed by atoms with E-state index in [0.717, 1.165) is 14.7 Å². The van der Waals surface area contributed by atoms with E-state index in [1.54, 1.807) is 18.2 Å². The highest BCUT2D eigenvalue weighted by Crippen LogP contribution is 2.47. The van der Waals surface area contributed by atoms with E-state index in [9.17, 15) is 4.79 Å². The van der Waals surface area contributed by atoms with Gasteiger partial charge in [-0.05, 0) is 99.2 Å². The van der Waals surface area contributed by atoms with Crippen LogP contribution in [0.25, 0.3) is 5.57 Å². The molecular weight excluding hydrogens is 475 g/mol. The fourth-order valence-corrected chi connectivity index (χ4v) is 4.77. The molecule has 0 saturated carbocycles. The second-order valence-corrected chi connectivity index (χ2v) is 10.5. The predicted octanol–water partition coefficient (Wildman–Crippen LogP) is 6.74. The van der Waals surface area contributed by atoms with Crippen molar-refractivity contribution < 1.29 is 14.6 Å². The van der Waals surface area contributed by atoms with Gasteiger partial charge >= 0.3 is 5.97 Å². The Bertz CT molecular complexity index is 986. The molecule has 0 aromatic heterocycles. The summed E-state index contributed by atoms with van der Waals surface area (Å²) < 4.78 is 6.76. The Kier molecular flexibility index (Phi) is 5.87. The van der Waals surface area contributed by atoms with Crippen LogP contribution in [0.15, 0.2) is 36.9 Å². The number of carboxylic acids is 1. The van der Waals surface area contributed by atoms with Gasteiger partial charge in [0.25, 0.3) is 0 Å². The average Bonchev–Trinajstić information content (AvgIpc) is 2.64. The molecule has 0 saturated heterocycles. The number of aryl methyl sites for hydroxylation is 1. The Morgan fingerprint density at radius 3 is 2.24 bits per heavy atom. The molecule has 1 N–H and O–H groups in total. The summed E-state index contributed by atoms with van der Waals surface area (Å²) in [5.41, 5.74) is 6.76. The molecule has 29 heavy (non-hydrogen) atoms. The minimum absolute atomic E-state index is 0.149. The number of benzene rings is 2. The highest BCUT2D eigenvalue weighted by molar-refractivity contribution is 14.1. The van der Waals surface area contributed by atoms with E-state index in [0.29, 0.717) is 12.4 Å². The molecule has 3 nitrogen and oxygen atoms in total. The minimum atomic E-state index is -0.936. The molecule has 4 heteroatoms. The van der Waals surface area contributed by atoms with Crippen molar-refractivity contribution in [2.75, 3.05) is 6.61 Å². The third kappa shape index (κ3) is 4.37. The number of carboxylic acid groups (broad SMARTS) is 1. The quantitative estimate of drug-likeness (QED) is 0.459. The third-order valence-electron chi connectivity index (χ3n) is 6.16. The lowest BCUT2D eigenvalue weighted by Gasteiger charge is -2.42. The lowest BCUT2D eigenvalue weighted by Crippen LogP contribution is -2.34. The molecule has 0 bridgehead atoms. The Hall–Kier alpha value is -1.82. The van der Waals surface area contributed by atoms with E-state index in [2.05, 4.69) is 75.9 Å². The second-order valence-electron chi connectivity index (χ2n) is 9.32. The molecule has 0 fully saturated rings. The summed E-state index contributed by atoms with van der Waals surface area (Å²) in [5, 5.41) is 9.12. The van der Waals surface area contributed by atoms with Crippen LogP contribution in [0.4, 0.5) is 0 Å². The summed E-state index contributed by atoms with van der Waals surface area (Å²) in [6.45, 7) is 16.1. The number of carbonyl (C=O) groups is 1. The van der Waals surface area contributed by atoms with Crippen LogP contribution in [-0.4, -0.2) is 17.7 Å². The van der Waals surface area contributed by atoms with Crippen LogP contribution in [0, 0.1) is 10.5 Å². The molecule has 1 aliphatic carbocycles. The monoisotopic (exact) mass is 504 g/mol. The zero-order valence-electron chi connectivity index (χ0n) is 17.9. The van der Waals surface area contributed by atoms with E-state index >= 15 is 0 Å². The first kappa shape index (κ1) is 21.9. The SMILES string of the molecule is C=C(COc1ccc(C(=O)O)cc1I)c1cc2c(cc1C)C(C)(C)CCC2(C)C. The van der Waals surface area contributed by atoms with E-state index in [1.807, 2.05) is 0 Å². The molecule has 2 aromatic carbocycles. The first-order chi connectivity index (χ1) is 13.4. The number of rotatable bonds is 5. The van der Waals surface area contributed by atoms with Crippen LogP contribution in [0.3, 0.4) is 0 Å². The summed E-state index contributed by atoms with van der Waals surface area (Å²) in [7, 11) is 0.